The van der Waals surface area contributed by atoms with Gasteiger partial charge in [0.2, 0.25) is 0 Å². The Morgan fingerprint density at radius 1 is 1.22 bits per heavy atom. The van der Waals surface area contributed by atoms with E-state index in [0.29, 0.717) is 12.0 Å². The number of rotatable bonds is 6. The van der Waals surface area contributed by atoms with E-state index in [1.807, 2.05) is 12.3 Å². The topological polar surface area (TPSA) is 24.9 Å². The van der Waals surface area contributed by atoms with Gasteiger partial charge >= 0.3 is 0 Å². The maximum Gasteiger partial charge on any atom is 0.0573 e. The average molecular weight is 260 g/mol. The molecular weight excluding hydrogens is 240 g/mol. The molecule has 3 heteroatoms. The fraction of sp³-hybridized carbons (Fsp3) is 0.400. The third-order valence-corrected chi connectivity index (χ3v) is 3.73. The third kappa shape index (κ3) is 3.93. The minimum atomic E-state index is 0.341. The molecular formula is C15H20N2S. The summed E-state index contributed by atoms with van der Waals surface area (Å²) in [6.45, 7) is 5.43. The fourth-order valence-corrected chi connectivity index (χ4v) is 2.65. The number of nitrogens with one attached hydrogen (secondary N) is 1. The van der Waals surface area contributed by atoms with E-state index in [-0.39, 0.29) is 0 Å². The Balaban J connectivity index is 2.01. The third-order valence-electron chi connectivity index (χ3n) is 2.85. The van der Waals surface area contributed by atoms with Gasteiger partial charge in [-0.25, -0.2) is 0 Å². The van der Waals surface area contributed by atoms with Gasteiger partial charge in [0, 0.05) is 23.7 Å². The van der Waals surface area contributed by atoms with Gasteiger partial charge in [-0.2, -0.15) is 0 Å². The summed E-state index contributed by atoms with van der Waals surface area (Å²) in [6, 6.07) is 10.7. The zero-order valence-corrected chi connectivity index (χ0v) is 11.8. The number of hydrogen-bond acceptors (Lipinski definition) is 3. The molecule has 2 heterocycles. The Morgan fingerprint density at radius 3 is 2.72 bits per heavy atom. The Morgan fingerprint density at radius 2 is 2.11 bits per heavy atom. The lowest BCUT2D eigenvalue weighted by Crippen LogP contribution is -2.22. The van der Waals surface area contributed by atoms with Crippen molar-refractivity contribution in [3.05, 3.63) is 52.5 Å². The predicted octanol–water partition coefficient (Wildman–Crippen LogP) is 4.02. The Bertz CT molecular complexity index is 437. The number of hydrogen-bond donors (Lipinski definition) is 1. The maximum atomic E-state index is 4.47. The van der Waals surface area contributed by atoms with Crippen LogP contribution in [-0.4, -0.2) is 4.98 Å². The van der Waals surface area contributed by atoms with E-state index in [1.165, 1.54) is 4.88 Å². The van der Waals surface area contributed by atoms with Gasteiger partial charge in [0.15, 0.2) is 0 Å². The summed E-state index contributed by atoms with van der Waals surface area (Å²) in [5.41, 5.74) is 1.14. The van der Waals surface area contributed by atoms with Crippen LogP contribution < -0.4 is 5.32 Å². The van der Waals surface area contributed by atoms with Crippen molar-refractivity contribution in [1.82, 2.24) is 10.3 Å². The molecule has 2 nitrogen and oxygen atoms in total. The average Bonchev–Trinajstić information content (AvgIpc) is 2.88. The van der Waals surface area contributed by atoms with Crippen molar-refractivity contribution in [3.63, 3.8) is 0 Å². The molecule has 96 valence electrons. The van der Waals surface area contributed by atoms with E-state index in [9.17, 15) is 0 Å². The summed E-state index contributed by atoms with van der Waals surface area (Å²) < 4.78 is 0. The summed E-state index contributed by atoms with van der Waals surface area (Å²) >= 11 is 1.80. The summed E-state index contributed by atoms with van der Waals surface area (Å²) in [5, 5.41) is 5.74. The quantitative estimate of drug-likeness (QED) is 0.848. The van der Waals surface area contributed by atoms with E-state index in [4.69, 9.17) is 0 Å². The molecule has 0 spiro atoms. The molecule has 1 N–H and O–H groups in total. The van der Waals surface area contributed by atoms with E-state index >= 15 is 0 Å². The second-order valence-electron chi connectivity index (χ2n) is 4.90. The second kappa shape index (κ2) is 6.66. The van der Waals surface area contributed by atoms with Gasteiger partial charge in [0.1, 0.15) is 0 Å². The standard InChI is InChI=1S/C15H20N2S/c1-12(2)10-15(14-7-3-4-8-16-14)17-11-13-6-5-9-18-13/h3-9,12,15,17H,10-11H2,1-2H3/t15-/m1/s1. The van der Waals surface area contributed by atoms with E-state index in [2.05, 4.69) is 53.8 Å². The monoisotopic (exact) mass is 260 g/mol. The van der Waals surface area contributed by atoms with Gasteiger partial charge in [-0.3, -0.25) is 4.98 Å². The molecule has 1 atom stereocenters. The van der Waals surface area contributed by atoms with Crippen molar-refractivity contribution in [1.29, 1.82) is 0 Å². The van der Waals surface area contributed by atoms with Crippen LogP contribution in [0.5, 0.6) is 0 Å². The minimum Gasteiger partial charge on any atom is -0.304 e. The van der Waals surface area contributed by atoms with Crippen LogP contribution in [0.1, 0.15) is 36.9 Å². The molecule has 2 aromatic heterocycles. The molecule has 0 unspecified atom stereocenters. The van der Waals surface area contributed by atoms with E-state index in [1.54, 1.807) is 11.3 Å². The number of nitrogens with zero attached hydrogens (tertiary/aromatic N) is 1. The number of thiophene rings is 1. The van der Waals surface area contributed by atoms with E-state index < -0.39 is 0 Å². The van der Waals surface area contributed by atoms with Crippen molar-refractivity contribution >= 4 is 11.3 Å². The highest BCUT2D eigenvalue weighted by molar-refractivity contribution is 7.09. The lowest BCUT2D eigenvalue weighted by atomic mass is 10.0. The van der Waals surface area contributed by atoms with Gasteiger partial charge in [0.25, 0.3) is 0 Å². The summed E-state index contributed by atoms with van der Waals surface area (Å²) in [7, 11) is 0. The SMILES string of the molecule is CC(C)C[C@@H](NCc1cccs1)c1ccccn1. The molecule has 0 amide bonds. The first kappa shape index (κ1) is 13.2. The maximum absolute atomic E-state index is 4.47. The zero-order chi connectivity index (χ0) is 12.8. The second-order valence-corrected chi connectivity index (χ2v) is 5.93. The van der Waals surface area contributed by atoms with Crippen LogP contribution >= 0.6 is 11.3 Å². The minimum absolute atomic E-state index is 0.341. The molecule has 0 bridgehead atoms. The van der Waals surface area contributed by atoms with Crippen LogP contribution in [-0.2, 0) is 6.54 Å². The fourth-order valence-electron chi connectivity index (χ4n) is 2.00. The molecule has 0 aliphatic carbocycles. The molecule has 2 rings (SSSR count). The smallest absolute Gasteiger partial charge is 0.0573 e. The van der Waals surface area contributed by atoms with Crippen LogP contribution in [0.15, 0.2) is 41.9 Å². The van der Waals surface area contributed by atoms with Crippen molar-refractivity contribution < 1.29 is 0 Å². The van der Waals surface area contributed by atoms with Crippen molar-refractivity contribution in [3.8, 4) is 0 Å². The lowest BCUT2D eigenvalue weighted by Gasteiger charge is -2.19. The normalized spacial score (nSPS) is 12.8. The van der Waals surface area contributed by atoms with Crippen LogP contribution in [0.25, 0.3) is 0 Å². The Labute approximate surface area is 113 Å². The largest absolute Gasteiger partial charge is 0.304 e. The van der Waals surface area contributed by atoms with Crippen LogP contribution in [0, 0.1) is 5.92 Å². The Hall–Kier alpha value is -1.19. The lowest BCUT2D eigenvalue weighted by molar-refractivity contribution is 0.422. The number of pyridine rings is 1. The summed E-state index contributed by atoms with van der Waals surface area (Å²) in [6.07, 6.45) is 2.98. The van der Waals surface area contributed by atoms with Gasteiger partial charge in [-0.1, -0.05) is 26.0 Å². The molecule has 0 saturated heterocycles. The van der Waals surface area contributed by atoms with Gasteiger partial charge < -0.3 is 5.32 Å². The molecule has 2 aromatic rings. The highest BCUT2D eigenvalue weighted by Gasteiger charge is 2.13. The highest BCUT2D eigenvalue weighted by atomic mass is 32.1. The first-order valence-electron chi connectivity index (χ1n) is 6.42. The molecule has 18 heavy (non-hydrogen) atoms. The molecule has 0 aliphatic rings. The number of aromatic nitrogens is 1. The first-order chi connectivity index (χ1) is 8.75. The van der Waals surface area contributed by atoms with E-state index in [0.717, 1.165) is 18.7 Å². The molecule has 0 saturated carbocycles. The molecule has 0 aliphatic heterocycles. The molecule has 0 aromatic carbocycles. The predicted molar refractivity (Wildman–Crippen MR) is 77.6 cm³/mol. The Kier molecular flexibility index (Phi) is 4.90. The summed E-state index contributed by atoms with van der Waals surface area (Å²) in [5.74, 6) is 0.660. The highest BCUT2D eigenvalue weighted by Crippen LogP contribution is 2.20. The summed E-state index contributed by atoms with van der Waals surface area (Å²) in [4.78, 5) is 5.85. The van der Waals surface area contributed by atoms with Gasteiger partial charge in [0.05, 0.1) is 5.69 Å². The first-order valence-corrected chi connectivity index (χ1v) is 7.30. The molecule has 0 fully saturated rings. The van der Waals surface area contributed by atoms with Crippen LogP contribution in [0.2, 0.25) is 0 Å². The molecule has 0 radical (unpaired) electrons. The van der Waals surface area contributed by atoms with Crippen molar-refractivity contribution in [2.45, 2.75) is 32.9 Å². The zero-order valence-electron chi connectivity index (χ0n) is 11.0. The van der Waals surface area contributed by atoms with Gasteiger partial charge in [-0.15, -0.1) is 11.3 Å². The van der Waals surface area contributed by atoms with Gasteiger partial charge in [-0.05, 0) is 35.9 Å². The van der Waals surface area contributed by atoms with Crippen molar-refractivity contribution in [2.24, 2.45) is 5.92 Å². The van der Waals surface area contributed by atoms with Crippen LogP contribution in [0.3, 0.4) is 0 Å². The van der Waals surface area contributed by atoms with Crippen molar-refractivity contribution in [2.75, 3.05) is 0 Å². The van der Waals surface area contributed by atoms with Crippen LogP contribution in [0.4, 0.5) is 0 Å².